The second-order valence-electron chi connectivity index (χ2n) is 7.10. The van der Waals surface area contributed by atoms with Gasteiger partial charge in [-0.1, -0.05) is 26.8 Å². The van der Waals surface area contributed by atoms with Crippen LogP contribution in [0.15, 0.2) is 12.3 Å². The molecule has 5 heteroatoms. The number of amides is 1. The first kappa shape index (κ1) is 14.8. The highest BCUT2D eigenvalue weighted by molar-refractivity contribution is 6.23. The Morgan fingerprint density at radius 2 is 2.09 bits per heavy atom. The van der Waals surface area contributed by atoms with Gasteiger partial charge in [0.15, 0.2) is 0 Å². The van der Waals surface area contributed by atoms with Crippen molar-refractivity contribution in [2.24, 2.45) is 5.41 Å². The fourth-order valence-corrected chi connectivity index (χ4v) is 3.44. The van der Waals surface area contributed by atoms with Gasteiger partial charge in [0.25, 0.3) is 5.91 Å². The maximum Gasteiger partial charge on any atom is 0.326 e. The van der Waals surface area contributed by atoms with Gasteiger partial charge in [-0.15, -0.1) is 0 Å². The smallest absolute Gasteiger partial charge is 0.326 e. The molecule has 0 spiro atoms. The van der Waals surface area contributed by atoms with E-state index in [0.29, 0.717) is 18.5 Å². The molecule has 0 fully saturated rings. The second kappa shape index (κ2) is 4.66. The van der Waals surface area contributed by atoms with E-state index in [1.54, 1.807) is 0 Å². The molecule has 0 saturated heterocycles. The van der Waals surface area contributed by atoms with Crippen LogP contribution in [0.25, 0.3) is 5.57 Å². The number of allylic oxidation sites excluding steroid dienone is 1. The zero-order valence-electron chi connectivity index (χ0n) is 13.3. The third-order valence-electron chi connectivity index (χ3n) is 4.43. The van der Waals surface area contributed by atoms with Crippen molar-refractivity contribution in [2.45, 2.75) is 46.7 Å². The highest BCUT2D eigenvalue weighted by Crippen LogP contribution is 2.39. The fourth-order valence-electron chi connectivity index (χ4n) is 3.44. The van der Waals surface area contributed by atoms with Crippen LogP contribution in [0.4, 0.5) is 0 Å². The van der Waals surface area contributed by atoms with E-state index in [9.17, 15) is 14.7 Å². The lowest BCUT2D eigenvalue weighted by atomic mass is 9.83. The molecule has 1 aliphatic heterocycles. The molecule has 0 unspecified atom stereocenters. The van der Waals surface area contributed by atoms with Gasteiger partial charge in [-0.05, 0) is 23.5 Å². The number of aryl methyl sites for hydroxylation is 1. The molecule has 1 aliphatic carbocycles. The Bertz CT molecular complexity index is 713. The molecule has 22 heavy (non-hydrogen) atoms. The number of hydrogen-bond donors (Lipinski definition) is 1. The predicted octanol–water partition coefficient (Wildman–Crippen LogP) is 2.17. The zero-order valence-corrected chi connectivity index (χ0v) is 13.3. The normalized spacial score (nSPS) is 18.1. The quantitative estimate of drug-likeness (QED) is 0.908. The minimum absolute atomic E-state index is 0.194. The van der Waals surface area contributed by atoms with Crippen molar-refractivity contribution in [3.05, 3.63) is 34.7 Å². The largest absolute Gasteiger partial charge is 0.480 e. The average Bonchev–Trinajstić information content (AvgIpc) is 2.81. The molecule has 0 aromatic carbocycles. The lowest BCUT2D eigenvalue weighted by Crippen LogP contribution is -2.53. The molecule has 0 radical (unpaired) electrons. The summed E-state index contributed by atoms with van der Waals surface area (Å²) in [4.78, 5) is 30.5. The van der Waals surface area contributed by atoms with E-state index < -0.39 is 17.4 Å². The first-order valence-electron chi connectivity index (χ1n) is 7.43. The number of carboxylic acids is 1. The van der Waals surface area contributed by atoms with Gasteiger partial charge in [-0.25, -0.2) is 4.79 Å². The van der Waals surface area contributed by atoms with Crippen LogP contribution in [0.2, 0.25) is 0 Å². The molecule has 2 aliphatic rings. The van der Waals surface area contributed by atoms with Crippen molar-refractivity contribution in [1.29, 1.82) is 0 Å². The van der Waals surface area contributed by atoms with Gasteiger partial charge in [-0.2, -0.15) is 0 Å². The molecule has 116 valence electrons. The Labute approximate surface area is 129 Å². The maximum atomic E-state index is 12.8. The van der Waals surface area contributed by atoms with Gasteiger partial charge in [0.05, 0.1) is 5.69 Å². The monoisotopic (exact) mass is 300 g/mol. The number of rotatable bonds is 2. The number of hydrogen-bond acceptors (Lipinski definition) is 3. The SMILES string of the molecule is Cc1cnc2c3c1CN([C@@H](C(=O)O)C(C)(C)C)C(=O)C3=CC2. The van der Waals surface area contributed by atoms with E-state index in [-0.39, 0.29) is 5.91 Å². The Kier molecular flexibility index (Phi) is 3.13. The van der Waals surface area contributed by atoms with Crippen molar-refractivity contribution >= 4 is 17.4 Å². The number of aliphatic carboxylic acids is 1. The van der Waals surface area contributed by atoms with Crippen LogP contribution in [0.5, 0.6) is 0 Å². The standard InChI is InChI=1S/C17H20N2O3/c1-9-7-18-12-6-5-10-13(12)11(9)8-19(15(10)20)14(16(21)22)17(2,3)4/h5,7,14H,6,8H2,1-4H3,(H,21,22)/t14-/m0/s1. The van der Waals surface area contributed by atoms with Gasteiger partial charge < -0.3 is 10.0 Å². The molecule has 0 saturated carbocycles. The zero-order chi connectivity index (χ0) is 16.2. The summed E-state index contributed by atoms with van der Waals surface area (Å²) in [7, 11) is 0. The molecule has 5 nitrogen and oxygen atoms in total. The van der Waals surface area contributed by atoms with Crippen molar-refractivity contribution in [3.63, 3.8) is 0 Å². The first-order chi connectivity index (χ1) is 10.2. The van der Waals surface area contributed by atoms with E-state index in [4.69, 9.17) is 0 Å². The summed E-state index contributed by atoms with van der Waals surface area (Å²) in [6.45, 7) is 7.84. The molecule has 1 amide bonds. The third kappa shape index (κ3) is 2.03. The molecule has 1 atom stereocenters. The van der Waals surface area contributed by atoms with E-state index in [1.807, 2.05) is 40.0 Å². The number of nitrogens with zero attached hydrogens (tertiary/aromatic N) is 2. The van der Waals surface area contributed by atoms with E-state index in [0.717, 1.165) is 22.4 Å². The Morgan fingerprint density at radius 1 is 1.41 bits per heavy atom. The predicted molar refractivity (Wildman–Crippen MR) is 82.1 cm³/mol. The van der Waals surface area contributed by atoms with Crippen LogP contribution in [0.1, 0.15) is 43.2 Å². The molecule has 1 aromatic heterocycles. The molecule has 1 N–H and O–H groups in total. The highest BCUT2D eigenvalue weighted by Gasteiger charge is 2.44. The van der Waals surface area contributed by atoms with Crippen molar-refractivity contribution in [2.75, 3.05) is 0 Å². The number of carboxylic acid groups (broad SMARTS) is 1. The maximum absolute atomic E-state index is 12.8. The number of carbonyl (C=O) groups excluding carboxylic acids is 1. The number of pyridine rings is 1. The fraction of sp³-hybridized carbons (Fsp3) is 0.471. The van der Waals surface area contributed by atoms with Crippen LogP contribution < -0.4 is 0 Å². The Morgan fingerprint density at radius 3 is 2.68 bits per heavy atom. The van der Waals surface area contributed by atoms with Gasteiger partial charge >= 0.3 is 5.97 Å². The van der Waals surface area contributed by atoms with Crippen molar-refractivity contribution < 1.29 is 14.7 Å². The molecule has 0 bridgehead atoms. The molecule has 2 heterocycles. The van der Waals surface area contributed by atoms with Crippen LogP contribution in [0, 0.1) is 12.3 Å². The Hall–Kier alpha value is -2.17. The van der Waals surface area contributed by atoms with Crippen LogP contribution in [-0.4, -0.2) is 32.9 Å². The van der Waals surface area contributed by atoms with E-state index >= 15 is 0 Å². The summed E-state index contributed by atoms with van der Waals surface area (Å²) in [5.41, 5.74) is 3.96. The van der Waals surface area contributed by atoms with Gasteiger partial charge in [0, 0.05) is 30.3 Å². The summed E-state index contributed by atoms with van der Waals surface area (Å²) in [6, 6.07) is -0.856. The van der Waals surface area contributed by atoms with E-state index in [2.05, 4.69) is 4.98 Å². The topological polar surface area (TPSA) is 70.5 Å². The van der Waals surface area contributed by atoms with E-state index in [1.165, 1.54) is 4.90 Å². The minimum atomic E-state index is -0.963. The molecular weight excluding hydrogens is 280 g/mol. The summed E-state index contributed by atoms with van der Waals surface area (Å²) >= 11 is 0. The lowest BCUT2D eigenvalue weighted by Gasteiger charge is -2.40. The average molecular weight is 300 g/mol. The molecule has 3 rings (SSSR count). The lowest BCUT2D eigenvalue weighted by molar-refractivity contribution is -0.153. The first-order valence-corrected chi connectivity index (χ1v) is 7.43. The molecule has 1 aromatic rings. The summed E-state index contributed by atoms with van der Waals surface area (Å²) < 4.78 is 0. The highest BCUT2D eigenvalue weighted by atomic mass is 16.4. The summed E-state index contributed by atoms with van der Waals surface area (Å²) in [6.07, 6.45) is 4.33. The Balaban J connectivity index is 2.13. The van der Waals surface area contributed by atoms with Crippen LogP contribution in [0.3, 0.4) is 0 Å². The number of aromatic nitrogens is 1. The van der Waals surface area contributed by atoms with Crippen LogP contribution in [-0.2, 0) is 22.6 Å². The van der Waals surface area contributed by atoms with Gasteiger partial charge in [0.2, 0.25) is 0 Å². The van der Waals surface area contributed by atoms with Gasteiger partial charge in [0.1, 0.15) is 6.04 Å². The summed E-state index contributed by atoms with van der Waals surface area (Å²) in [5, 5.41) is 9.64. The summed E-state index contributed by atoms with van der Waals surface area (Å²) in [5.74, 6) is -1.16. The van der Waals surface area contributed by atoms with Crippen molar-refractivity contribution in [3.8, 4) is 0 Å². The minimum Gasteiger partial charge on any atom is -0.480 e. The number of carbonyl (C=O) groups is 2. The van der Waals surface area contributed by atoms with Crippen molar-refractivity contribution in [1.82, 2.24) is 9.88 Å². The second-order valence-corrected chi connectivity index (χ2v) is 7.10. The van der Waals surface area contributed by atoms with Gasteiger partial charge in [-0.3, -0.25) is 9.78 Å². The molecular formula is C17H20N2O3. The third-order valence-corrected chi connectivity index (χ3v) is 4.43. The van der Waals surface area contributed by atoms with Crippen LogP contribution >= 0.6 is 0 Å².